The molecule has 1 N–H and O–H groups in total. The molecule has 0 aromatic heterocycles. The molecule has 0 aromatic carbocycles. The van der Waals surface area contributed by atoms with Gasteiger partial charge in [-0.25, -0.2) is 0 Å². The van der Waals surface area contributed by atoms with Crippen molar-refractivity contribution in [2.24, 2.45) is 0 Å². The number of carbonyl (C=O) groups is 2. The smallest absolute Gasteiger partial charge is 0.307 e. The Hall–Kier alpha value is -1.58. The minimum Gasteiger partial charge on any atom is -0.435 e. The van der Waals surface area contributed by atoms with Gasteiger partial charge in [-0.3, -0.25) is 9.59 Å². The number of hydrogen-bond donors (Lipinski definition) is 1. The predicted molar refractivity (Wildman–Crippen MR) is 55.5 cm³/mol. The van der Waals surface area contributed by atoms with Gasteiger partial charge in [-0.1, -0.05) is 6.58 Å². The van der Waals surface area contributed by atoms with E-state index in [-0.39, 0.29) is 11.9 Å². The van der Waals surface area contributed by atoms with Crippen LogP contribution in [0.15, 0.2) is 26.0 Å². The molecule has 1 heterocycles. The number of amides is 1. The fourth-order valence-electron chi connectivity index (χ4n) is 0.682. The van der Waals surface area contributed by atoms with E-state index < -0.39 is 0 Å². The third kappa shape index (κ3) is 13.0. The third-order valence-electron chi connectivity index (χ3n) is 1.15. The summed E-state index contributed by atoms with van der Waals surface area (Å²) in [5, 5.41) is 2.68. The lowest BCUT2D eigenvalue weighted by molar-refractivity contribution is -0.135. The van der Waals surface area contributed by atoms with Gasteiger partial charge in [-0.2, -0.15) is 0 Å². The first kappa shape index (κ1) is 14.9. The molecule has 0 bridgehead atoms. The van der Waals surface area contributed by atoms with E-state index >= 15 is 0 Å². The van der Waals surface area contributed by atoms with Gasteiger partial charge >= 0.3 is 5.97 Å². The van der Waals surface area contributed by atoms with E-state index in [1.165, 1.54) is 6.92 Å². The SMILES string of the molecule is C=C.C=COC(C)=O.O=C1CCCN1. The highest BCUT2D eigenvalue weighted by atomic mass is 16.5. The predicted octanol–water partition coefficient (Wildman–Crippen LogP) is 1.39. The molecule has 1 aliphatic heterocycles. The first-order valence-corrected chi connectivity index (χ1v) is 4.21. The van der Waals surface area contributed by atoms with Gasteiger partial charge in [0.2, 0.25) is 5.91 Å². The Labute approximate surface area is 84.6 Å². The molecule has 0 aromatic rings. The summed E-state index contributed by atoms with van der Waals surface area (Å²) in [4.78, 5) is 19.9. The molecule has 1 rings (SSSR count). The van der Waals surface area contributed by atoms with Crippen LogP contribution in [-0.2, 0) is 14.3 Å². The van der Waals surface area contributed by atoms with E-state index in [2.05, 4.69) is 29.8 Å². The highest BCUT2D eigenvalue weighted by Gasteiger charge is 2.05. The second-order valence-corrected chi connectivity index (χ2v) is 2.23. The Bertz CT molecular complexity index is 182. The molecule has 1 fully saturated rings. The molecular weight excluding hydrogens is 182 g/mol. The van der Waals surface area contributed by atoms with E-state index in [4.69, 9.17) is 0 Å². The minimum atomic E-state index is -0.329. The fourth-order valence-corrected chi connectivity index (χ4v) is 0.682. The van der Waals surface area contributed by atoms with Crippen molar-refractivity contribution in [3.8, 4) is 0 Å². The van der Waals surface area contributed by atoms with Gasteiger partial charge in [0.15, 0.2) is 0 Å². The summed E-state index contributed by atoms with van der Waals surface area (Å²) in [7, 11) is 0. The molecule has 4 nitrogen and oxygen atoms in total. The normalized spacial score (nSPS) is 12.2. The first-order valence-electron chi connectivity index (χ1n) is 4.21. The summed E-state index contributed by atoms with van der Waals surface area (Å²) in [6.45, 7) is 11.4. The molecule has 80 valence electrons. The van der Waals surface area contributed by atoms with E-state index in [1.807, 2.05) is 0 Å². The van der Waals surface area contributed by atoms with Gasteiger partial charge in [0.05, 0.1) is 6.26 Å². The van der Waals surface area contributed by atoms with Gasteiger partial charge in [0.25, 0.3) is 0 Å². The molecule has 1 amide bonds. The Morgan fingerprint density at radius 3 is 2.21 bits per heavy atom. The van der Waals surface area contributed by atoms with Crippen LogP contribution in [0.25, 0.3) is 0 Å². The lowest BCUT2D eigenvalue weighted by Crippen LogP contribution is -2.12. The average Bonchev–Trinajstić information content (AvgIpc) is 2.60. The molecule has 4 heteroatoms. The number of carbonyl (C=O) groups excluding carboxylic acids is 2. The van der Waals surface area contributed by atoms with Crippen molar-refractivity contribution in [1.82, 2.24) is 5.32 Å². The monoisotopic (exact) mass is 199 g/mol. The summed E-state index contributed by atoms with van der Waals surface area (Å²) in [6, 6.07) is 0. The van der Waals surface area contributed by atoms with E-state index in [1.54, 1.807) is 0 Å². The third-order valence-corrected chi connectivity index (χ3v) is 1.15. The first-order chi connectivity index (χ1) is 6.66. The van der Waals surface area contributed by atoms with Crippen LogP contribution in [0.4, 0.5) is 0 Å². The van der Waals surface area contributed by atoms with Gasteiger partial charge in [0.1, 0.15) is 0 Å². The quantitative estimate of drug-likeness (QED) is 0.394. The summed E-state index contributed by atoms with van der Waals surface area (Å²) in [6.07, 6.45) is 2.86. The molecule has 0 aliphatic carbocycles. The van der Waals surface area contributed by atoms with Crippen LogP contribution in [0.2, 0.25) is 0 Å². The number of hydrogen-bond acceptors (Lipinski definition) is 3. The Morgan fingerprint density at radius 2 is 2.14 bits per heavy atom. The van der Waals surface area contributed by atoms with Crippen LogP contribution in [0.5, 0.6) is 0 Å². The second-order valence-electron chi connectivity index (χ2n) is 2.23. The molecule has 0 radical (unpaired) electrons. The van der Waals surface area contributed by atoms with Crippen LogP contribution in [0.3, 0.4) is 0 Å². The fraction of sp³-hybridized carbons (Fsp3) is 0.400. The number of ether oxygens (including phenoxy) is 1. The van der Waals surface area contributed by atoms with Crippen LogP contribution in [0, 0.1) is 0 Å². The van der Waals surface area contributed by atoms with Gasteiger partial charge in [-0.05, 0) is 6.42 Å². The lowest BCUT2D eigenvalue weighted by atomic mass is 10.4. The number of nitrogens with one attached hydrogen (secondary N) is 1. The molecule has 14 heavy (non-hydrogen) atoms. The van der Waals surface area contributed by atoms with Crippen LogP contribution < -0.4 is 5.32 Å². The standard InChI is InChI=1S/C4H7NO.C4H6O2.C2H4/c6-4-2-1-3-5-4;1-3-6-4(2)5;1-2/h1-3H2,(H,5,6);3H,1H2,2H3;1-2H2. The molecule has 0 saturated carbocycles. The van der Waals surface area contributed by atoms with Crippen molar-refractivity contribution >= 4 is 11.9 Å². The van der Waals surface area contributed by atoms with Crippen LogP contribution in [-0.4, -0.2) is 18.4 Å². The zero-order valence-electron chi connectivity index (χ0n) is 8.54. The highest BCUT2D eigenvalue weighted by Crippen LogP contribution is 1.93. The van der Waals surface area contributed by atoms with E-state index in [9.17, 15) is 9.59 Å². The van der Waals surface area contributed by atoms with Crippen molar-refractivity contribution in [3.05, 3.63) is 26.0 Å². The molecule has 0 atom stereocenters. The maximum Gasteiger partial charge on any atom is 0.307 e. The van der Waals surface area contributed by atoms with E-state index in [0.717, 1.165) is 25.6 Å². The summed E-state index contributed by atoms with van der Waals surface area (Å²) >= 11 is 0. The summed E-state index contributed by atoms with van der Waals surface area (Å²) < 4.78 is 4.17. The van der Waals surface area contributed by atoms with Gasteiger partial charge in [-0.15, -0.1) is 13.2 Å². The van der Waals surface area contributed by atoms with Crippen molar-refractivity contribution in [3.63, 3.8) is 0 Å². The van der Waals surface area contributed by atoms with Gasteiger partial charge in [0, 0.05) is 19.9 Å². The van der Waals surface area contributed by atoms with Gasteiger partial charge < -0.3 is 10.1 Å². The largest absolute Gasteiger partial charge is 0.435 e. The van der Waals surface area contributed by atoms with Crippen molar-refractivity contribution in [2.75, 3.05) is 6.54 Å². The maximum absolute atomic E-state index is 10.1. The maximum atomic E-state index is 10.1. The van der Waals surface area contributed by atoms with E-state index in [0.29, 0.717) is 0 Å². The zero-order chi connectivity index (χ0) is 11.4. The summed E-state index contributed by atoms with van der Waals surface area (Å²) in [5.74, 6) is -0.125. The van der Waals surface area contributed by atoms with Crippen LogP contribution in [0.1, 0.15) is 19.8 Å². The molecule has 1 saturated heterocycles. The Kier molecular flexibility index (Phi) is 12.2. The van der Waals surface area contributed by atoms with Crippen LogP contribution >= 0.6 is 0 Å². The second kappa shape index (κ2) is 11.4. The topological polar surface area (TPSA) is 55.4 Å². The highest BCUT2D eigenvalue weighted by molar-refractivity contribution is 5.77. The molecule has 0 spiro atoms. The number of rotatable bonds is 1. The zero-order valence-corrected chi connectivity index (χ0v) is 8.54. The Balaban J connectivity index is 0. The van der Waals surface area contributed by atoms with Crippen molar-refractivity contribution < 1.29 is 14.3 Å². The summed E-state index contributed by atoms with van der Waals surface area (Å²) in [5.41, 5.74) is 0. The Morgan fingerprint density at radius 1 is 1.57 bits per heavy atom. The molecule has 1 aliphatic rings. The van der Waals surface area contributed by atoms with Crippen molar-refractivity contribution in [2.45, 2.75) is 19.8 Å². The average molecular weight is 199 g/mol. The minimum absolute atomic E-state index is 0.204. The molecule has 0 unspecified atom stereocenters. The lowest BCUT2D eigenvalue weighted by Gasteiger charge is -1.83. The number of esters is 1. The van der Waals surface area contributed by atoms with Crippen molar-refractivity contribution in [1.29, 1.82) is 0 Å². The molecular formula is C10H17NO3.